The Morgan fingerprint density at radius 2 is 2.21 bits per heavy atom. The van der Waals surface area contributed by atoms with Crippen molar-refractivity contribution in [2.24, 2.45) is 5.73 Å². The molecule has 0 saturated carbocycles. The molecule has 14 heavy (non-hydrogen) atoms. The maximum Gasteiger partial charge on any atom is 0.126 e. The molecule has 1 rings (SSSR count). The standard InChI is InChI=1S/C11H16FNO/c1-8-4-5-9(7-10(8)12)11(13)3-2-6-14/h4-5,7,11,14H,2-3,6,13H2,1H3/t11-/m1/s1. The van der Waals surface area contributed by atoms with Crippen molar-refractivity contribution in [1.82, 2.24) is 0 Å². The van der Waals surface area contributed by atoms with Gasteiger partial charge >= 0.3 is 0 Å². The van der Waals surface area contributed by atoms with Crippen LogP contribution in [0.4, 0.5) is 4.39 Å². The maximum atomic E-state index is 13.2. The van der Waals surface area contributed by atoms with E-state index in [1.165, 1.54) is 6.07 Å². The van der Waals surface area contributed by atoms with E-state index >= 15 is 0 Å². The molecule has 0 aliphatic carbocycles. The molecule has 3 heteroatoms. The average Bonchev–Trinajstić information content (AvgIpc) is 2.18. The van der Waals surface area contributed by atoms with Gasteiger partial charge in [0.25, 0.3) is 0 Å². The summed E-state index contributed by atoms with van der Waals surface area (Å²) >= 11 is 0. The molecule has 0 fully saturated rings. The van der Waals surface area contributed by atoms with E-state index in [0.717, 1.165) is 5.56 Å². The molecule has 1 atom stereocenters. The molecule has 0 amide bonds. The van der Waals surface area contributed by atoms with Crippen molar-refractivity contribution in [3.8, 4) is 0 Å². The molecule has 2 nitrogen and oxygen atoms in total. The predicted octanol–water partition coefficient (Wildman–Crippen LogP) is 1.91. The first-order chi connectivity index (χ1) is 6.65. The SMILES string of the molecule is Cc1ccc([C@H](N)CCCO)cc1F. The molecule has 0 aromatic heterocycles. The van der Waals surface area contributed by atoms with Crippen LogP contribution in [0.25, 0.3) is 0 Å². The smallest absolute Gasteiger partial charge is 0.126 e. The fourth-order valence-electron chi connectivity index (χ4n) is 1.32. The molecule has 0 radical (unpaired) electrons. The summed E-state index contributed by atoms with van der Waals surface area (Å²) < 4.78 is 13.2. The molecular formula is C11H16FNO. The molecule has 0 saturated heterocycles. The van der Waals surface area contributed by atoms with Gasteiger partial charge in [-0.2, -0.15) is 0 Å². The second-order valence-electron chi connectivity index (χ2n) is 3.48. The average molecular weight is 197 g/mol. The van der Waals surface area contributed by atoms with E-state index in [1.807, 2.05) is 6.07 Å². The van der Waals surface area contributed by atoms with Crippen molar-refractivity contribution in [3.05, 3.63) is 35.1 Å². The molecule has 1 aromatic rings. The summed E-state index contributed by atoms with van der Waals surface area (Å²) in [5, 5.41) is 8.63. The highest BCUT2D eigenvalue weighted by Gasteiger charge is 2.07. The van der Waals surface area contributed by atoms with Crippen LogP contribution in [0.3, 0.4) is 0 Å². The largest absolute Gasteiger partial charge is 0.396 e. The molecule has 0 heterocycles. The highest BCUT2D eigenvalue weighted by Crippen LogP contribution is 2.18. The van der Waals surface area contributed by atoms with Crippen LogP contribution in [0, 0.1) is 12.7 Å². The van der Waals surface area contributed by atoms with Gasteiger partial charge in [-0.15, -0.1) is 0 Å². The van der Waals surface area contributed by atoms with Crippen LogP contribution in [0.2, 0.25) is 0 Å². The first kappa shape index (κ1) is 11.1. The van der Waals surface area contributed by atoms with Crippen LogP contribution in [0.5, 0.6) is 0 Å². The Balaban J connectivity index is 2.70. The Hall–Kier alpha value is -0.930. The van der Waals surface area contributed by atoms with Crippen LogP contribution < -0.4 is 5.73 Å². The van der Waals surface area contributed by atoms with E-state index in [1.54, 1.807) is 13.0 Å². The number of benzene rings is 1. The third-order valence-electron chi connectivity index (χ3n) is 2.30. The van der Waals surface area contributed by atoms with Gasteiger partial charge in [-0.1, -0.05) is 12.1 Å². The molecule has 78 valence electrons. The zero-order chi connectivity index (χ0) is 10.6. The first-order valence-corrected chi connectivity index (χ1v) is 4.77. The number of aliphatic hydroxyl groups excluding tert-OH is 1. The Labute approximate surface area is 83.6 Å². The zero-order valence-corrected chi connectivity index (χ0v) is 8.33. The number of halogens is 1. The number of nitrogens with two attached hydrogens (primary N) is 1. The van der Waals surface area contributed by atoms with Crippen LogP contribution in [-0.4, -0.2) is 11.7 Å². The van der Waals surface area contributed by atoms with Crippen LogP contribution >= 0.6 is 0 Å². The van der Waals surface area contributed by atoms with Crippen molar-refractivity contribution >= 4 is 0 Å². The van der Waals surface area contributed by atoms with E-state index in [2.05, 4.69) is 0 Å². The number of rotatable bonds is 4. The van der Waals surface area contributed by atoms with Crippen LogP contribution in [0.15, 0.2) is 18.2 Å². The minimum atomic E-state index is -0.220. The van der Waals surface area contributed by atoms with Crippen molar-refractivity contribution in [2.75, 3.05) is 6.61 Å². The summed E-state index contributed by atoms with van der Waals surface area (Å²) in [6.45, 7) is 1.85. The van der Waals surface area contributed by atoms with Gasteiger partial charge in [0.15, 0.2) is 0 Å². The second kappa shape index (κ2) is 5.08. The van der Waals surface area contributed by atoms with Gasteiger partial charge in [-0.25, -0.2) is 4.39 Å². The lowest BCUT2D eigenvalue weighted by atomic mass is 10.0. The van der Waals surface area contributed by atoms with Gasteiger partial charge in [0, 0.05) is 12.6 Å². The van der Waals surface area contributed by atoms with Gasteiger partial charge in [0.2, 0.25) is 0 Å². The van der Waals surface area contributed by atoms with E-state index in [9.17, 15) is 4.39 Å². The summed E-state index contributed by atoms with van der Waals surface area (Å²) in [5.41, 5.74) is 7.24. The first-order valence-electron chi connectivity index (χ1n) is 4.77. The van der Waals surface area contributed by atoms with Crippen molar-refractivity contribution < 1.29 is 9.50 Å². The molecular weight excluding hydrogens is 181 g/mol. The normalized spacial score (nSPS) is 12.9. The van der Waals surface area contributed by atoms with Crippen LogP contribution in [0.1, 0.15) is 30.0 Å². The lowest BCUT2D eigenvalue weighted by molar-refractivity contribution is 0.280. The number of hydrogen-bond acceptors (Lipinski definition) is 2. The quantitative estimate of drug-likeness (QED) is 0.774. The minimum Gasteiger partial charge on any atom is -0.396 e. The van der Waals surface area contributed by atoms with Crippen molar-refractivity contribution in [3.63, 3.8) is 0 Å². The fraction of sp³-hybridized carbons (Fsp3) is 0.455. The number of aliphatic hydroxyl groups is 1. The highest BCUT2D eigenvalue weighted by atomic mass is 19.1. The topological polar surface area (TPSA) is 46.2 Å². The predicted molar refractivity (Wildman–Crippen MR) is 54.4 cm³/mol. The summed E-state index contributed by atoms with van der Waals surface area (Å²) in [6.07, 6.45) is 1.33. The lowest BCUT2D eigenvalue weighted by Crippen LogP contribution is -2.11. The third kappa shape index (κ3) is 2.79. The van der Waals surface area contributed by atoms with Crippen molar-refractivity contribution in [1.29, 1.82) is 0 Å². The van der Waals surface area contributed by atoms with Gasteiger partial charge in [-0.3, -0.25) is 0 Å². The van der Waals surface area contributed by atoms with Gasteiger partial charge in [-0.05, 0) is 37.0 Å². The molecule has 0 aliphatic heterocycles. The number of aryl methyl sites for hydroxylation is 1. The van der Waals surface area contributed by atoms with Crippen molar-refractivity contribution in [2.45, 2.75) is 25.8 Å². The van der Waals surface area contributed by atoms with E-state index in [-0.39, 0.29) is 18.5 Å². The minimum absolute atomic E-state index is 0.127. The van der Waals surface area contributed by atoms with E-state index in [0.29, 0.717) is 18.4 Å². The third-order valence-corrected chi connectivity index (χ3v) is 2.30. The zero-order valence-electron chi connectivity index (χ0n) is 8.33. The van der Waals surface area contributed by atoms with Crippen LogP contribution in [-0.2, 0) is 0 Å². The fourth-order valence-corrected chi connectivity index (χ4v) is 1.32. The molecule has 0 bridgehead atoms. The van der Waals surface area contributed by atoms with E-state index in [4.69, 9.17) is 10.8 Å². The lowest BCUT2D eigenvalue weighted by Gasteiger charge is -2.11. The Morgan fingerprint density at radius 1 is 1.50 bits per heavy atom. The summed E-state index contributed by atoms with van der Waals surface area (Å²) in [6, 6.07) is 4.85. The van der Waals surface area contributed by atoms with Gasteiger partial charge < -0.3 is 10.8 Å². The maximum absolute atomic E-state index is 13.2. The summed E-state index contributed by atoms with van der Waals surface area (Å²) in [5.74, 6) is -0.220. The number of hydrogen-bond donors (Lipinski definition) is 2. The van der Waals surface area contributed by atoms with Gasteiger partial charge in [0.1, 0.15) is 5.82 Å². The Morgan fingerprint density at radius 3 is 2.79 bits per heavy atom. The molecule has 0 unspecified atom stereocenters. The van der Waals surface area contributed by atoms with E-state index < -0.39 is 0 Å². The molecule has 0 spiro atoms. The summed E-state index contributed by atoms with van der Waals surface area (Å²) in [4.78, 5) is 0. The van der Waals surface area contributed by atoms with Gasteiger partial charge in [0.05, 0.1) is 0 Å². The summed E-state index contributed by atoms with van der Waals surface area (Å²) in [7, 11) is 0. The highest BCUT2D eigenvalue weighted by molar-refractivity contribution is 5.25. The molecule has 1 aromatic carbocycles. The Bertz CT molecular complexity index is 301. The molecule has 3 N–H and O–H groups in total. The monoisotopic (exact) mass is 197 g/mol. The molecule has 0 aliphatic rings. The Kier molecular flexibility index (Phi) is 4.04. The second-order valence-corrected chi connectivity index (χ2v) is 3.48.